The van der Waals surface area contributed by atoms with E-state index in [0.717, 1.165) is 5.69 Å². The number of aromatic nitrogens is 1. The Labute approximate surface area is 146 Å². The molecule has 0 aliphatic rings. The largest absolute Gasteiger partial charge is 0.443 e. The Bertz CT molecular complexity index is 724. The molecule has 1 aromatic heterocycles. The minimum Gasteiger partial charge on any atom is -0.443 e. The lowest BCUT2D eigenvalue weighted by Crippen LogP contribution is -2.38. The highest BCUT2D eigenvalue weighted by atomic mass is 16.6. The van der Waals surface area contributed by atoms with E-state index >= 15 is 0 Å². The van der Waals surface area contributed by atoms with E-state index < -0.39 is 16.6 Å². The lowest BCUT2D eigenvalue weighted by Gasteiger charge is -2.27. The molecule has 1 heterocycles. The molecule has 0 unspecified atom stereocenters. The number of benzene rings is 1. The first-order chi connectivity index (χ1) is 11.8. The minimum atomic E-state index is -0.638. The fraction of sp³-hybridized carbons (Fsp3) is 0.333. The Balaban J connectivity index is 2.21. The van der Waals surface area contributed by atoms with E-state index in [-0.39, 0.29) is 5.69 Å². The highest BCUT2D eigenvalue weighted by Gasteiger charge is 2.24. The van der Waals surface area contributed by atoms with Gasteiger partial charge in [0.2, 0.25) is 0 Å². The number of carbonyl (C=O) groups excluding carboxylic acids is 1. The van der Waals surface area contributed by atoms with Gasteiger partial charge < -0.3 is 4.74 Å². The Hall–Kier alpha value is -2.96. The molecule has 1 aromatic carbocycles. The molecule has 0 aliphatic carbocycles. The number of hydrogen-bond donors (Lipinski definition) is 0. The molecule has 7 nitrogen and oxygen atoms in total. The van der Waals surface area contributed by atoms with Crippen LogP contribution in [0.5, 0.6) is 0 Å². The molecule has 0 radical (unpaired) electrons. The second-order valence-corrected chi connectivity index (χ2v) is 6.48. The van der Waals surface area contributed by atoms with Crippen molar-refractivity contribution in [1.29, 1.82) is 0 Å². The zero-order valence-electron chi connectivity index (χ0n) is 14.5. The summed E-state index contributed by atoms with van der Waals surface area (Å²) in [6, 6.07) is 11.4. The highest BCUT2D eigenvalue weighted by molar-refractivity contribution is 5.88. The maximum Gasteiger partial charge on any atom is 0.414 e. The molecule has 0 spiro atoms. The summed E-state index contributed by atoms with van der Waals surface area (Å²) in [5, 5.41) is 10.8. The van der Waals surface area contributed by atoms with E-state index in [1.165, 1.54) is 17.0 Å². The van der Waals surface area contributed by atoms with Gasteiger partial charge in [-0.1, -0.05) is 6.07 Å². The third-order valence-corrected chi connectivity index (χ3v) is 3.30. The number of nitro benzene ring substituents is 1. The summed E-state index contributed by atoms with van der Waals surface area (Å²) in [6.07, 6.45) is 1.73. The highest BCUT2D eigenvalue weighted by Crippen LogP contribution is 2.22. The van der Waals surface area contributed by atoms with E-state index in [1.807, 2.05) is 18.2 Å². The van der Waals surface area contributed by atoms with Crippen molar-refractivity contribution in [3.8, 4) is 0 Å². The molecule has 7 heteroatoms. The van der Waals surface area contributed by atoms with Crippen molar-refractivity contribution in [3.05, 3.63) is 64.5 Å². The van der Waals surface area contributed by atoms with Gasteiger partial charge in [-0.25, -0.2) is 4.79 Å². The normalized spacial score (nSPS) is 11.0. The number of nitro groups is 1. The van der Waals surface area contributed by atoms with Crippen LogP contribution in [0.4, 0.5) is 16.2 Å². The SMILES string of the molecule is CC(C)(C)OC(=O)N(CCc1ccccn1)c1ccc([N+](=O)[O-])cc1. The molecule has 0 N–H and O–H groups in total. The number of hydrogen-bond acceptors (Lipinski definition) is 5. The lowest BCUT2D eigenvalue weighted by molar-refractivity contribution is -0.384. The number of non-ortho nitro benzene ring substituents is 1. The molecule has 0 saturated carbocycles. The molecule has 0 atom stereocenters. The summed E-state index contributed by atoms with van der Waals surface area (Å²) < 4.78 is 5.45. The van der Waals surface area contributed by atoms with Crippen LogP contribution in [0.2, 0.25) is 0 Å². The average Bonchev–Trinajstić information content (AvgIpc) is 2.55. The number of anilines is 1. The summed E-state index contributed by atoms with van der Waals surface area (Å²) in [5.74, 6) is 0. The van der Waals surface area contributed by atoms with Crippen LogP contribution in [0.1, 0.15) is 26.5 Å². The van der Waals surface area contributed by atoms with Crippen molar-refractivity contribution in [1.82, 2.24) is 4.98 Å². The average molecular weight is 343 g/mol. The number of amides is 1. The number of rotatable bonds is 5. The molecule has 2 aromatic rings. The van der Waals surface area contributed by atoms with Crippen LogP contribution < -0.4 is 4.90 Å². The van der Waals surface area contributed by atoms with Gasteiger partial charge in [0.15, 0.2) is 0 Å². The van der Waals surface area contributed by atoms with Gasteiger partial charge in [0, 0.05) is 42.7 Å². The van der Waals surface area contributed by atoms with Gasteiger partial charge in [-0.15, -0.1) is 0 Å². The molecule has 25 heavy (non-hydrogen) atoms. The van der Waals surface area contributed by atoms with E-state index in [4.69, 9.17) is 4.74 Å². The third kappa shape index (κ3) is 5.56. The standard InChI is InChI=1S/C18H21N3O4/c1-18(2,3)25-17(22)20(13-11-14-6-4-5-12-19-14)15-7-9-16(10-8-15)21(23)24/h4-10,12H,11,13H2,1-3H3. The number of ether oxygens (including phenoxy) is 1. The van der Waals surface area contributed by atoms with Crippen molar-refractivity contribution in [2.24, 2.45) is 0 Å². The minimum absolute atomic E-state index is 0.0300. The van der Waals surface area contributed by atoms with Crippen molar-refractivity contribution >= 4 is 17.5 Å². The van der Waals surface area contributed by atoms with Crippen LogP contribution in [-0.4, -0.2) is 28.1 Å². The maximum absolute atomic E-state index is 12.5. The molecular formula is C18H21N3O4. The summed E-state index contributed by atoms with van der Waals surface area (Å²) >= 11 is 0. The first-order valence-electron chi connectivity index (χ1n) is 7.91. The maximum atomic E-state index is 12.5. The monoisotopic (exact) mass is 343 g/mol. The molecular weight excluding hydrogens is 322 g/mol. The quantitative estimate of drug-likeness (QED) is 0.605. The smallest absolute Gasteiger partial charge is 0.414 e. The predicted molar refractivity (Wildman–Crippen MR) is 94.6 cm³/mol. The summed E-state index contributed by atoms with van der Waals surface area (Å²) in [7, 11) is 0. The molecule has 1 amide bonds. The predicted octanol–water partition coefficient (Wildman–Crippen LogP) is 3.97. The summed E-state index contributed by atoms with van der Waals surface area (Å²) in [4.78, 5) is 28.6. The van der Waals surface area contributed by atoms with Gasteiger partial charge >= 0.3 is 6.09 Å². The molecule has 0 aliphatic heterocycles. The number of pyridine rings is 1. The van der Waals surface area contributed by atoms with Crippen LogP contribution in [0.25, 0.3) is 0 Å². The second-order valence-electron chi connectivity index (χ2n) is 6.48. The molecule has 132 valence electrons. The molecule has 2 rings (SSSR count). The fourth-order valence-corrected chi connectivity index (χ4v) is 2.17. The first kappa shape index (κ1) is 18.4. The van der Waals surface area contributed by atoms with Crippen LogP contribution in [0.3, 0.4) is 0 Å². The Morgan fingerprint density at radius 3 is 2.40 bits per heavy atom. The fourth-order valence-electron chi connectivity index (χ4n) is 2.17. The van der Waals surface area contributed by atoms with Gasteiger partial charge in [0.1, 0.15) is 5.60 Å². The van der Waals surface area contributed by atoms with Crippen molar-refractivity contribution in [2.75, 3.05) is 11.4 Å². The van der Waals surface area contributed by atoms with Crippen LogP contribution in [0.15, 0.2) is 48.7 Å². The zero-order valence-corrected chi connectivity index (χ0v) is 14.5. The van der Waals surface area contributed by atoms with Crippen LogP contribution in [0, 0.1) is 10.1 Å². The topological polar surface area (TPSA) is 85.6 Å². The molecule has 0 saturated heterocycles. The van der Waals surface area contributed by atoms with Crippen molar-refractivity contribution < 1.29 is 14.5 Å². The van der Waals surface area contributed by atoms with Gasteiger partial charge in [-0.3, -0.25) is 20.0 Å². The Morgan fingerprint density at radius 2 is 1.88 bits per heavy atom. The molecule has 0 fully saturated rings. The second kappa shape index (κ2) is 7.74. The first-order valence-corrected chi connectivity index (χ1v) is 7.91. The van der Waals surface area contributed by atoms with E-state index in [2.05, 4.69) is 4.98 Å². The van der Waals surface area contributed by atoms with Crippen LogP contribution >= 0.6 is 0 Å². The Morgan fingerprint density at radius 1 is 1.20 bits per heavy atom. The van der Waals surface area contributed by atoms with Gasteiger partial charge in [0.05, 0.1) is 4.92 Å². The lowest BCUT2D eigenvalue weighted by atomic mass is 10.2. The number of nitrogens with zero attached hydrogens (tertiary/aromatic N) is 3. The summed E-state index contributed by atoms with van der Waals surface area (Å²) in [5.41, 5.74) is 0.715. The van der Waals surface area contributed by atoms with E-state index in [9.17, 15) is 14.9 Å². The van der Waals surface area contributed by atoms with Crippen molar-refractivity contribution in [2.45, 2.75) is 32.8 Å². The van der Waals surface area contributed by atoms with E-state index in [0.29, 0.717) is 18.7 Å². The van der Waals surface area contributed by atoms with Gasteiger partial charge in [0.25, 0.3) is 5.69 Å². The van der Waals surface area contributed by atoms with Crippen molar-refractivity contribution in [3.63, 3.8) is 0 Å². The molecule has 0 bridgehead atoms. The third-order valence-electron chi connectivity index (χ3n) is 3.30. The zero-order chi connectivity index (χ0) is 18.4. The van der Waals surface area contributed by atoms with Crippen LogP contribution in [-0.2, 0) is 11.2 Å². The Kier molecular flexibility index (Phi) is 5.69. The van der Waals surface area contributed by atoms with Gasteiger partial charge in [-0.05, 0) is 45.0 Å². The van der Waals surface area contributed by atoms with E-state index in [1.54, 1.807) is 39.1 Å². The number of carbonyl (C=O) groups is 1. The van der Waals surface area contributed by atoms with Gasteiger partial charge in [-0.2, -0.15) is 0 Å². The summed E-state index contributed by atoms with van der Waals surface area (Å²) in [6.45, 7) is 5.72.